The third kappa shape index (κ3) is 7.72. The fourth-order valence-corrected chi connectivity index (χ4v) is 4.29. The number of hydrogen-bond acceptors (Lipinski definition) is 10. The summed E-state index contributed by atoms with van der Waals surface area (Å²) in [6.45, 7) is 5.22. The van der Waals surface area contributed by atoms with Crippen LogP contribution in [-0.2, 0) is 14.8 Å². The van der Waals surface area contributed by atoms with Crippen molar-refractivity contribution in [3.63, 3.8) is 0 Å². The number of nitrogens with zero attached hydrogens (tertiary/aromatic N) is 3. The molecule has 3 aromatic rings. The van der Waals surface area contributed by atoms with Crippen molar-refractivity contribution in [2.45, 2.75) is 0 Å². The molecule has 1 heterocycles. The summed E-state index contributed by atoms with van der Waals surface area (Å²) in [7, 11) is 1.73. The molecule has 208 valence electrons. The molecule has 2 aromatic carbocycles. The molecule has 1 aromatic heterocycles. The Hall–Kier alpha value is -4.07. The van der Waals surface area contributed by atoms with Crippen molar-refractivity contribution in [1.29, 1.82) is 0 Å². The number of nitrogens with one attached hydrogen (secondary N) is 4. The van der Waals surface area contributed by atoms with Gasteiger partial charge in [0.1, 0.15) is 10.8 Å². The van der Waals surface area contributed by atoms with Gasteiger partial charge in [-0.15, -0.1) is 0 Å². The number of amides is 1. The molecule has 14 heteroatoms. The monoisotopic (exact) mass is 574 g/mol. The second kappa shape index (κ2) is 12.7. The summed E-state index contributed by atoms with van der Waals surface area (Å²) >= 11 is 6.34. The zero-order valence-electron chi connectivity index (χ0n) is 22.0. The van der Waals surface area contributed by atoms with E-state index in [1.54, 1.807) is 36.4 Å². The van der Waals surface area contributed by atoms with Gasteiger partial charge in [-0.3, -0.25) is 9.52 Å². The minimum absolute atomic E-state index is 0.126. The Morgan fingerprint density at radius 3 is 2.49 bits per heavy atom. The Balaban J connectivity index is 2.00. The summed E-state index contributed by atoms with van der Waals surface area (Å²) in [6.07, 6.45) is 2.45. The predicted octanol–water partition coefficient (Wildman–Crippen LogP) is 3.15. The number of carbonyl (C=O) groups excluding carboxylic acids is 1. The molecule has 0 radical (unpaired) electrons. The summed E-state index contributed by atoms with van der Waals surface area (Å²) < 4.78 is 31.6. The molecule has 0 atom stereocenters. The van der Waals surface area contributed by atoms with Gasteiger partial charge in [-0.25, -0.2) is 13.4 Å². The number of carbonyl (C=O) groups is 1. The summed E-state index contributed by atoms with van der Waals surface area (Å²) in [4.78, 5) is 22.7. The van der Waals surface area contributed by atoms with Crippen LogP contribution in [0.2, 0.25) is 5.02 Å². The quantitative estimate of drug-likeness (QED) is 0.192. The van der Waals surface area contributed by atoms with Crippen molar-refractivity contribution in [3.8, 4) is 5.75 Å². The second-order valence-corrected chi connectivity index (χ2v) is 10.7. The molecule has 0 aliphatic rings. The van der Waals surface area contributed by atoms with Gasteiger partial charge in [0.2, 0.25) is 21.9 Å². The summed E-state index contributed by atoms with van der Waals surface area (Å²) in [5.74, 6) is 0.171. The number of likely N-dealkylation sites (N-methyl/N-ethyl adjacent to an activating group) is 2. The Morgan fingerprint density at radius 2 is 1.87 bits per heavy atom. The SMILES string of the molecule is C=C(C(N)=O)c1cc(Nc2ncc(Cl)c(Nc3ccccc3NS(C)(=O)=O)n2)c(OC)cc1N(C)CCNC. The van der Waals surface area contributed by atoms with E-state index < -0.39 is 15.9 Å². The number of nitrogens with two attached hydrogens (primary N) is 1. The van der Waals surface area contributed by atoms with E-state index in [4.69, 9.17) is 22.1 Å². The molecule has 6 N–H and O–H groups in total. The van der Waals surface area contributed by atoms with Gasteiger partial charge >= 0.3 is 0 Å². The lowest BCUT2D eigenvalue weighted by Crippen LogP contribution is -2.28. The van der Waals surface area contributed by atoms with Crippen molar-refractivity contribution in [2.75, 3.05) is 60.8 Å². The topological polar surface area (TPSA) is 164 Å². The number of ether oxygens (including phenoxy) is 1. The number of aromatic nitrogens is 2. The van der Waals surface area contributed by atoms with Crippen molar-refractivity contribution in [3.05, 3.63) is 59.8 Å². The van der Waals surface area contributed by atoms with E-state index in [2.05, 4.69) is 37.2 Å². The maximum Gasteiger partial charge on any atom is 0.248 e. The highest BCUT2D eigenvalue weighted by molar-refractivity contribution is 7.92. The van der Waals surface area contributed by atoms with E-state index in [1.165, 1.54) is 13.3 Å². The van der Waals surface area contributed by atoms with Gasteiger partial charge in [-0.1, -0.05) is 30.3 Å². The molecule has 0 saturated heterocycles. The molecular formula is C25H31ClN8O4S. The van der Waals surface area contributed by atoms with Crippen LogP contribution in [0.3, 0.4) is 0 Å². The summed E-state index contributed by atoms with van der Waals surface area (Å²) in [5, 5.41) is 9.42. The van der Waals surface area contributed by atoms with Gasteiger partial charge in [0, 0.05) is 43.0 Å². The third-order valence-electron chi connectivity index (χ3n) is 5.51. The Bertz CT molecular complexity index is 1480. The first-order valence-corrected chi connectivity index (χ1v) is 13.9. The first-order valence-electron chi connectivity index (χ1n) is 11.6. The van der Waals surface area contributed by atoms with Gasteiger partial charge in [-0.05, 0) is 25.2 Å². The van der Waals surface area contributed by atoms with Crippen LogP contribution in [0.25, 0.3) is 5.57 Å². The third-order valence-corrected chi connectivity index (χ3v) is 6.38. The number of para-hydroxylation sites is 2. The largest absolute Gasteiger partial charge is 0.494 e. The lowest BCUT2D eigenvalue weighted by Gasteiger charge is -2.25. The van der Waals surface area contributed by atoms with Crippen LogP contribution in [0, 0.1) is 0 Å². The highest BCUT2D eigenvalue weighted by atomic mass is 35.5. The first kappa shape index (κ1) is 29.5. The molecule has 0 aliphatic heterocycles. The number of rotatable bonds is 13. The van der Waals surface area contributed by atoms with Crippen LogP contribution in [0.4, 0.5) is 34.5 Å². The van der Waals surface area contributed by atoms with Crippen molar-refractivity contribution in [2.24, 2.45) is 5.73 Å². The molecule has 39 heavy (non-hydrogen) atoms. The maximum absolute atomic E-state index is 12.0. The highest BCUT2D eigenvalue weighted by Crippen LogP contribution is 2.38. The molecule has 1 amide bonds. The van der Waals surface area contributed by atoms with Gasteiger partial charge in [0.05, 0.1) is 36.6 Å². The van der Waals surface area contributed by atoms with Crippen molar-refractivity contribution in [1.82, 2.24) is 15.3 Å². The molecule has 0 unspecified atom stereocenters. The average molecular weight is 575 g/mol. The minimum Gasteiger partial charge on any atom is -0.494 e. The molecule has 0 saturated carbocycles. The molecule has 0 aliphatic carbocycles. The van der Waals surface area contributed by atoms with Crippen LogP contribution in [0.5, 0.6) is 5.75 Å². The molecular weight excluding hydrogens is 544 g/mol. The standard InChI is InChI=1S/C25H31ClN8O4S/c1-15(23(27)35)16-12-20(22(38-4)13-21(16)34(3)11-10-28-2)31-25-29-14-17(26)24(32-25)30-18-8-6-7-9-19(18)33-39(5,36)37/h6-9,12-14,28,33H,1,10-11H2,2-5H3,(H2,27,35)(H2,29,30,31,32). The first-order chi connectivity index (χ1) is 18.4. The summed E-state index contributed by atoms with van der Waals surface area (Å²) in [5.41, 5.74) is 8.10. The van der Waals surface area contributed by atoms with Crippen LogP contribution in [-0.4, -0.2) is 64.8 Å². The molecule has 0 fully saturated rings. The van der Waals surface area contributed by atoms with E-state index in [1.807, 2.05) is 19.0 Å². The number of primary amides is 1. The Morgan fingerprint density at radius 1 is 1.18 bits per heavy atom. The zero-order chi connectivity index (χ0) is 28.7. The smallest absolute Gasteiger partial charge is 0.248 e. The fourth-order valence-electron chi connectivity index (χ4n) is 3.57. The van der Waals surface area contributed by atoms with E-state index in [0.717, 1.165) is 6.26 Å². The fraction of sp³-hybridized carbons (Fsp3) is 0.240. The predicted molar refractivity (Wildman–Crippen MR) is 157 cm³/mol. The Kier molecular flexibility index (Phi) is 9.56. The zero-order valence-corrected chi connectivity index (χ0v) is 23.6. The van der Waals surface area contributed by atoms with E-state index >= 15 is 0 Å². The van der Waals surface area contributed by atoms with Gasteiger partial charge in [-0.2, -0.15) is 4.98 Å². The molecule has 12 nitrogen and oxygen atoms in total. The van der Waals surface area contributed by atoms with Crippen LogP contribution in [0.15, 0.2) is 49.2 Å². The van der Waals surface area contributed by atoms with Crippen molar-refractivity contribution < 1.29 is 17.9 Å². The van der Waals surface area contributed by atoms with E-state index in [9.17, 15) is 13.2 Å². The number of benzene rings is 2. The average Bonchev–Trinajstić information content (AvgIpc) is 2.88. The summed E-state index contributed by atoms with van der Waals surface area (Å²) in [6, 6.07) is 10.2. The van der Waals surface area contributed by atoms with Crippen LogP contribution in [0.1, 0.15) is 5.56 Å². The Labute approximate surface area is 232 Å². The van der Waals surface area contributed by atoms with Gasteiger partial charge in [0.25, 0.3) is 0 Å². The lowest BCUT2D eigenvalue weighted by atomic mass is 10.0. The lowest BCUT2D eigenvalue weighted by molar-refractivity contribution is -0.112. The van der Waals surface area contributed by atoms with E-state index in [0.29, 0.717) is 47.2 Å². The van der Waals surface area contributed by atoms with Crippen LogP contribution >= 0.6 is 11.6 Å². The maximum atomic E-state index is 12.0. The number of sulfonamides is 1. The number of halogens is 1. The minimum atomic E-state index is -3.52. The molecule has 0 spiro atoms. The molecule has 3 rings (SSSR count). The normalized spacial score (nSPS) is 11.0. The molecule has 0 bridgehead atoms. The van der Waals surface area contributed by atoms with Gasteiger partial charge in [0.15, 0.2) is 5.82 Å². The number of hydrogen-bond donors (Lipinski definition) is 5. The van der Waals surface area contributed by atoms with E-state index in [-0.39, 0.29) is 22.4 Å². The van der Waals surface area contributed by atoms with Crippen molar-refractivity contribution >= 4 is 67.6 Å². The van der Waals surface area contributed by atoms with Crippen LogP contribution < -0.4 is 36.0 Å². The second-order valence-electron chi connectivity index (χ2n) is 8.50. The highest BCUT2D eigenvalue weighted by Gasteiger charge is 2.19. The number of anilines is 6. The number of methoxy groups -OCH3 is 1. The van der Waals surface area contributed by atoms with Gasteiger partial charge < -0.3 is 31.3 Å².